The molecule has 2 aromatic carbocycles. The summed E-state index contributed by atoms with van der Waals surface area (Å²) in [6.07, 6.45) is 0.147. The summed E-state index contributed by atoms with van der Waals surface area (Å²) in [5.74, 6) is -1.99. The van der Waals surface area contributed by atoms with Crippen LogP contribution < -0.4 is 5.32 Å². The third-order valence-electron chi connectivity index (χ3n) is 3.34. The number of rotatable bonds is 5. The number of ether oxygens (including phenoxy) is 1. The maximum atomic E-state index is 13.7. The summed E-state index contributed by atoms with van der Waals surface area (Å²) in [4.78, 5) is 24.2. The van der Waals surface area contributed by atoms with E-state index in [0.717, 1.165) is 4.47 Å². The van der Waals surface area contributed by atoms with E-state index in [4.69, 9.17) is 16.3 Å². The van der Waals surface area contributed by atoms with Gasteiger partial charge in [-0.2, -0.15) is 0 Å². The summed E-state index contributed by atoms with van der Waals surface area (Å²) in [5.41, 5.74) is 0.572. The van der Waals surface area contributed by atoms with E-state index in [0.29, 0.717) is 10.6 Å². The van der Waals surface area contributed by atoms with Crippen LogP contribution in [0.2, 0.25) is 5.02 Å². The van der Waals surface area contributed by atoms with Gasteiger partial charge in [0.1, 0.15) is 11.9 Å². The molecule has 4 nitrogen and oxygen atoms in total. The Hall–Kier alpha value is -1.92. The lowest BCUT2D eigenvalue weighted by molar-refractivity contribution is -0.142. The van der Waals surface area contributed by atoms with Crippen molar-refractivity contribution in [3.05, 3.63) is 68.9 Å². The highest BCUT2D eigenvalue weighted by atomic mass is 79.9. The molecule has 1 atom stereocenters. The summed E-state index contributed by atoms with van der Waals surface area (Å²) in [6, 6.07) is 9.68. The minimum absolute atomic E-state index is 0.142. The average Bonchev–Trinajstić information content (AvgIpc) is 2.57. The smallest absolute Gasteiger partial charge is 0.328 e. The van der Waals surface area contributed by atoms with Crippen molar-refractivity contribution in [3.63, 3.8) is 0 Å². The van der Waals surface area contributed by atoms with Crippen LogP contribution in [-0.4, -0.2) is 25.0 Å². The zero-order chi connectivity index (χ0) is 17.7. The number of methoxy groups -OCH3 is 1. The van der Waals surface area contributed by atoms with Crippen LogP contribution in [0.5, 0.6) is 0 Å². The SMILES string of the molecule is COC(=O)[C@@H](Cc1cc(Cl)ccc1Br)NC(=O)c1ccccc1F. The van der Waals surface area contributed by atoms with Gasteiger partial charge in [-0.05, 0) is 35.9 Å². The Bertz CT molecular complexity index is 769. The predicted molar refractivity (Wildman–Crippen MR) is 92.5 cm³/mol. The molecule has 0 fully saturated rings. The van der Waals surface area contributed by atoms with Gasteiger partial charge in [0.25, 0.3) is 5.91 Å². The lowest BCUT2D eigenvalue weighted by atomic mass is 10.1. The second kappa shape index (κ2) is 8.26. The van der Waals surface area contributed by atoms with Crippen molar-refractivity contribution < 1.29 is 18.7 Å². The highest BCUT2D eigenvalue weighted by Crippen LogP contribution is 2.23. The van der Waals surface area contributed by atoms with Gasteiger partial charge in [0.05, 0.1) is 12.7 Å². The Labute approximate surface area is 152 Å². The summed E-state index contributed by atoms with van der Waals surface area (Å²) in [5, 5.41) is 3.00. The van der Waals surface area contributed by atoms with E-state index >= 15 is 0 Å². The van der Waals surface area contributed by atoms with Crippen LogP contribution in [0.25, 0.3) is 0 Å². The normalized spacial score (nSPS) is 11.7. The molecule has 0 bridgehead atoms. The first kappa shape index (κ1) is 18.4. The summed E-state index contributed by atoms with van der Waals surface area (Å²) >= 11 is 9.33. The fourth-order valence-electron chi connectivity index (χ4n) is 2.14. The van der Waals surface area contributed by atoms with Crippen molar-refractivity contribution in [2.75, 3.05) is 7.11 Å². The molecule has 0 aromatic heterocycles. The van der Waals surface area contributed by atoms with Crippen LogP contribution in [0.3, 0.4) is 0 Å². The fraction of sp³-hybridized carbons (Fsp3) is 0.176. The number of hydrogen-bond acceptors (Lipinski definition) is 3. The number of carbonyl (C=O) groups is 2. The lowest BCUT2D eigenvalue weighted by Gasteiger charge is -2.17. The van der Waals surface area contributed by atoms with Crippen LogP contribution in [0.4, 0.5) is 4.39 Å². The molecule has 126 valence electrons. The van der Waals surface area contributed by atoms with E-state index in [1.54, 1.807) is 24.3 Å². The van der Waals surface area contributed by atoms with E-state index in [1.807, 2.05) is 0 Å². The van der Waals surface area contributed by atoms with E-state index in [9.17, 15) is 14.0 Å². The molecule has 0 saturated heterocycles. The van der Waals surface area contributed by atoms with Crippen LogP contribution in [-0.2, 0) is 16.0 Å². The molecule has 0 saturated carbocycles. The second-order valence-corrected chi connectivity index (χ2v) is 6.26. The van der Waals surface area contributed by atoms with Gasteiger partial charge in [-0.25, -0.2) is 9.18 Å². The van der Waals surface area contributed by atoms with Crippen LogP contribution in [0, 0.1) is 5.82 Å². The molecule has 0 radical (unpaired) electrons. The molecular weight excluding hydrogens is 401 g/mol. The maximum absolute atomic E-state index is 13.7. The third kappa shape index (κ3) is 4.55. The van der Waals surface area contributed by atoms with Crippen LogP contribution in [0.15, 0.2) is 46.9 Å². The van der Waals surface area contributed by atoms with Gasteiger partial charge in [-0.15, -0.1) is 0 Å². The Morgan fingerprint density at radius 3 is 2.67 bits per heavy atom. The number of esters is 1. The topological polar surface area (TPSA) is 55.4 Å². The summed E-state index contributed by atoms with van der Waals surface area (Å²) < 4.78 is 19.2. The zero-order valence-corrected chi connectivity index (χ0v) is 15.0. The van der Waals surface area contributed by atoms with Gasteiger partial charge in [-0.1, -0.05) is 39.7 Å². The van der Waals surface area contributed by atoms with E-state index in [1.165, 1.54) is 25.3 Å². The van der Waals surface area contributed by atoms with Gasteiger partial charge in [0, 0.05) is 15.9 Å². The molecule has 0 aliphatic rings. The average molecular weight is 415 g/mol. The summed E-state index contributed by atoms with van der Waals surface area (Å²) in [6.45, 7) is 0. The molecular formula is C17H14BrClFNO3. The van der Waals surface area contributed by atoms with Crippen LogP contribution >= 0.6 is 27.5 Å². The van der Waals surface area contributed by atoms with Gasteiger partial charge in [0.2, 0.25) is 0 Å². The van der Waals surface area contributed by atoms with E-state index in [2.05, 4.69) is 21.2 Å². The van der Waals surface area contributed by atoms with Crippen molar-refractivity contribution in [3.8, 4) is 0 Å². The number of halogens is 3. The Morgan fingerprint density at radius 1 is 1.29 bits per heavy atom. The molecule has 0 aliphatic heterocycles. The van der Waals surface area contributed by atoms with Gasteiger partial charge < -0.3 is 10.1 Å². The van der Waals surface area contributed by atoms with Gasteiger partial charge in [-0.3, -0.25) is 4.79 Å². The number of amides is 1. The van der Waals surface area contributed by atoms with Crippen molar-refractivity contribution >= 4 is 39.4 Å². The highest BCUT2D eigenvalue weighted by molar-refractivity contribution is 9.10. The molecule has 2 aromatic rings. The number of carbonyl (C=O) groups excluding carboxylic acids is 2. The van der Waals surface area contributed by atoms with Crippen molar-refractivity contribution in [1.29, 1.82) is 0 Å². The van der Waals surface area contributed by atoms with Crippen molar-refractivity contribution in [1.82, 2.24) is 5.32 Å². The summed E-state index contributed by atoms with van der Waals surface area (Å²) in [7, 11) is 1.22. The molecule has 0 unspecified atom stereocenters. The molecule has 2 rings (SSSR count). The molecule has 0 aliphatic carbocycles. The number of nitrogens with one attached hydrogen (secondary N) is 1. The largest absolute Gasteiger partial charge is 0.467 e. The maximum Gasteiger partial charge on any atom is 0.328 e. The molecule has 1 amide bonds. The Balaban J connectivity index is 2.23. The third-order valence-corrected chi connectivity index (χ3v) is 4.35. The van der Waals surface area contributed by atoms with Gasteiger partial charge in [0.15, 0.2) is 0 Å². The molecule has 1 N–H and O–H groups in total. The van der Waals surface area contributed by atoms with Crippen LogP contribution in [0.1, 0.15) is 15.9 Å². The predicted octanol–water partition coefficient (Wildman–Crippen LogP) is 3.76. The lowest BCUT2D eigenvalue weighted by Crippen LogP contribution is -2.43. The standard InChI is InChI=1S/C17H14BrClFNO3/c1-24-17(23)15(9-10-8-11(19)6-7-13(10)18)21-16(22)12-4-2-3-5-14(12)20/h2-8,15H,9H2,1H3,(H,21,22)/t15-/m1/s1. The molecule has 24 heavy (non-hydrogen) atoms. The number of benzene rings is 2. The highest BCUT2D eigenvalue weighted by Gasteiger charge is 2.24. The first-order valence-electron chi connectivity index (χ1n) is 6.99. The van der Waals surface area contributed by atoms with E-state index in [-0.39, 0.29) is 12.0 Å². The minimum atomic E-state index is -0.975. The van der Waals surface area contributed by atoms with Crippen molar-refractivity contribution in [2.24, 2.45) is 0 Å². The van der Waals surface area contributed by atoms with Crippen molar-refractivity contribution in [2.45, 2.75) is 12.5 Å². The minimum Gasteiger partial charge on any atom is -0.467 e. The molecule has 7 heteroatoms. The number of hydrogen-bond donors (Lipinski definition) is 1. The first-order valence-corrected chi connectivity index (χ1v) is 8.16. The second-order valence-electron chi connectivity index (χ2n) is 4.97. The molecule has 0 heterocycles. The fourth-order valence-corrected chi connectivity index (χ4v) is 2.74. The Kier molecular flexibility index (Phi) is 6.34. The van der Waals surface area contributed by atoms with E-state index < -0.39 is 23.7 Å². The van der Waals surface area contributed by atoms with Gasteiger partial charge >= 0.3 is 5.97 Å². The first-order chi connectivity index (χ1) is 11.4. The Morgan fingerprint density at radius 2 is 2.00 bits per heavy atom. The quantitative estimate of drug-likeness (QED) is 0.758. The molecule has 0 spiro atoms. The zero-order valence-electron chi connectivity index (χ0n) is 12.7. The monoisotopic (exact) mass is 413 g/mol.